The van der Waals surface area contributed by atoms with Gasteiger partial charge < -0.3 is 14.2 Å². The van der Waals surface area contributed by atoms with Crippen LogP contribution in [0.2, 0.25) is 0 Å². The largest absolute Gasteiger partial charge is 0.550 e. The minimum atomic E-state index is -1.52. The van der Waals surface area contributed by atoms with Crippen molar-refractivity contribution < 1.29 is 24.1 Å². The fraction of sp³-hybridized carbons (Fsp3) is 0.889. The summed E-state index contributed by atoms with van der Waals surface area (Å²) in [7, 11) is 0. The van der Waals surface area contributed by atoms with E-state index in [-0.39, 0.29) is 13.2 Å². The van der Waals surface area contributed by atoms with E-state index in [2.05, 4.69) is 11.7 Å². The van der Waals surface area contributed by atoms with Crippen molar-refractivity contribution in [3.63, 3.8) is 0 Å². The molecule has 0 N–H and O–H groups in total. The smallest absolute Gasteiger partial charge is 0.429 e. The molecule has 0 saturated carbocycles. The van der Waals surface area contributed by atoms with Crippen LogP contribution in [0.25, 0.3) is 0 Å². The fourth-order valence-electron chi connectivity index (χ4n) is 0.752. The molecule has 0 spiro atoms. The second-order valence-corrected chi connectivity index (χ2v) is 2.68. The molecule has 0 aromatic rings. The van der Waals surface area contributed by atoms with Gasteiger partial charge in [0, 0.05) is 6.61 Å². The molecule has 5 nitrogen and oxygen atoms in total. The molecule has 0 rings (SSSR count). The van der Waals surface area contributed by atoms with Gasteiger partial charge in [-0.25, -0.2) is 0 Å². The Kier molecular flexibility index (Phi) is 9.68. The standard InChI is InChI=1S/C9H17O5/c1-2-3-4-12-5-6-13-7-8-14-9(10)11/h2-8H2,1H3. The van der Waals surface area contributed by atoms with Gasteiger partial charge in [-0.3, -0.25) is 0 Å². The van der Waals surface area contributed by atoms with Crippen molar-refractivity contribution in [1.82, 2.24) is 0 Å². The van der Waals surface area contributed by atoms with E-state index in [0.717, 1.165) is 19.4 Å². The van der Waals surface area contributed by atoms with Gasteiger partial charge in [0.1, 0.15) is 6.61 Å². The van der Waals surface area contributed by atoms with Crippen LogP contribution in [0.4, 0.5) is 4.79 Å². The molecule has 0 atom stereocenters. The molecule has 0 heterocycles. The van der Waals surface area contributed by atoms with E-state index >= 15 is 0 Å². The summed E-state index contributed by atoms with van der Waals surface area (Å²) in [5.41, 5.74) is 0. The average Bonchev–Trinajstić information content (AvgIpc) is 2.15. The Morgan fingerprint density at radius 1 is 1.00 bits per heavy atom. The molecule has 0 amide bonds. The molecule has 0 aliphatic heterocycles. The van der Waals surface area contributed by atoms with Crippen LogP contribution >= 0.6 is 0 Å². The number of hydrogen-bond donors (Lipinski definition) is 0. The fourth-order valence-corrected chi connectivity index (χ4v) is 0.752. The van der Waals surface area contributed by atoms with E-state index in [1.54, 1.807) is 0 Å². The third-order valence-corrected chi connectivity index (χ3v) is 1.46. The average molecular weight is 205 g/mol. The molecular formula is C9H17O5. The molecule has 14 heavy (non-hydrogen) atoms. The van der Waals surface area contributed by atoms with Crippen LogP contribution in [-0.4, -0.2) is 39.2 Å². The zero-order valence-electron chi connectivity index (χ0n) is 8.49. The number of carbonyl (C=O) groups excluding carboxylic acids is 1. The lowest BCUT2D eigenvalue weighted by Gasteiger charge is -2.04. The minimum absolute atomic E-state index is 0.0112. The van der Waals surface area contributed by atoms with E-state index in [1.165, 1.54) is 0 Å². The molecule has 0 bridgehead atoms. The summed E-state index contributed by atoms with van der Waals surface area (Å²) < 4.78 is 14.4. The summed E-state index contributed by atoms with van der Waals surface area (Å²) in [6.45, 7) is 4.08. The summed E-state index contributed by atoms with van der Waals surface area (Å²) in [6, 6.07) is 0. The zero-order valence-corrected chi connectivity index (χ0v) is 8.49. The first-order valence-electron chi connectivity index (χ1n) is 4.76. The normalized spacial score (nSPS) is 10.1. The topological polar surface area (TPSA) is 64.7 Å². The van der Waals surface area contributed by atoms with Crippen molar-refractivity contribution in [1.29, 1.82) is 0 Å². The zero-order chi connectivity index (χ0) is 10.6. The molecule has 5 heteroatoms. The molecule has 0 aliphatic carbocycles. The molecule has 1 radical (unpaired) electrons. The third kappa shape index (κ3) is 11.2. The molecule has 0 aromatic heterocycles. The highest BCUT2D eigenvalue weighted by Gasteiger charge is 1.97. The summed E-state index contributed by atoms with van der Waals surface area (Å²) in [5.74, 6) is 0. The Hall–Kier alpha value is -0.810. The SMILES string of the molecule is CCCCOCCOCCOC([O])=O. The second-order valence-electron chi connectivity index (χ2n) is 2.68. The van der Waals surface area contributed by atoms with Gasteiger partial charge >= 0.3 is 6.16 Å². The monoisotopic (exact) mass is 205 g/mol. The van der Waals surface area contributed by atoms with Crippen LogP contribution in [0.5, 0.6) is 0 Å². The first kappa shape index (κ1) is 13.2. The van der Waals surface area contributed by atoms with Crippen LogP contribution in [0.15, 0.2) is 0 Å². The molecule has 83 valence electrons. The van der Waals surface area contributed by atoms with Gasteiger partial charge in [0.05, 0.1) is 19.8 Å². The van der Waals surface area contributed by atoms with Crippen LogP contribution in [0, 0.1) is 0 Å². The number of hydrogen-bond acceptors (Lipinski definition) is 4. The van der Waals surface area contributed by atoms with Crippen LogP contribution in [-0.2, 0) is 19.3 Å². The summed E-state index contributed by atoms with van der Waals surface area (Å²) in [4.78, 5) is 9.79. The maximum absolute atomic E-state index is 9.79. The quantitative estimate of drug-likeness (QED) is 0.421. The Balaban J connectivity index is 2.88. The van der Waals surface area contributed by atoms with Gasteiger partial charge in [0.25, 0.3) is 0 Å². The van der Waals surface area contributed by atoms with Crippen LogP contribution in [0.3, 0.4) is 0 Å². The Morgan fingerprint density at radius 2 is 1.57 bits per heavy atom. The maximum atomic E-state index is 9.79. The molecule has 0 fully saturated rings. The second kappa shape index (κ2) is 10.3. The lowest BCUT2D eigenvalue weighted by atomic mass is 10.4. The lowest BCUT2D eigenvalue weighted by molar-refractivity contribution is 0.0120. The van der Waals surface area contributed by atoms with E-state index in [4.69, 9.17) is 9.47 Å². The number of ether oxygens (including phenoxy) is 3. The molecule has 0 saturated heterocycles. The minimum Gasteiger partial charge on any atom is -0.429 e. The highest BCUT2D eigenvalue weighted by atomic mass is 16.7. The number of carbonyl (C=O) groups is 1. The van der Waals surface area contributed by atoms with Crippen LogP contribution < -0.4 is 0 Å². The van der Waals surface area contributed by atoms with E-state index < -0.39 is 6.16 Å². The number of unbranched alkanes of at least 4 members (excludes halogenated alkanes) is 1. The first-order valence-corrected chi connectivity index (χ1v) is 4.76. The van der Waals surface area contributed by atoms with Gasteiger partial charge in [0.15, 0.2) is 0 Å². The predicted molar refractivity (Wildman–Crippen MR) is 48.6 cm³/mol. The molecule has 0 aliphatic rings. The first-order chi connectivity index (χ1) is 6.77. The lowest BCUT2D eigenvalue weighted by Crippen LogP contribution is -2.11. The van der Waals surface area contributed by atoms with Gasteiger partial charge in [0.2, 0.25) is 0 Å². The van der Waals surface area contributed by atoms with E-state index in [1.807, 2.05) is 0 Å². The van der Waals surface area contributed by atoms with Gasteiger partial charge in [-0.05, 0) is 6.42 Å². The maximum Gasteiger partial charge on any atom is 0.550 e. The van der Waals surface area contributed by atoms with Crippen LogP contribution in [0.1, 0.15) is 19.8 Å². The highest BCUT2D eigenvalue weighted by molar-refractivity contribution is 5.56. The summed E-state index contributed by atoms with van der Waals surface area (Å²) in [5, 5.41) is 9.79. The molecular weight excluding hydrogens is 188 g/mol. The number of rotatable bonds is 9. The van der Waals surface area contributed by atoms with Gasteiger partial charge in [-0.15, -0.1) is 0 Å². The molecule has 0 unspecified atom stereocenters. The molecule has 0 aromatic carbocycles. The van der Waals surface area contributed by atoms with E-state index in [0.29, 0.717) is 13.2 Å². The van der Waals surface area contributed by atoms with Gasteiger partial charge in [-0.1, -0.05) is 13.3 Å². The Labute approximate surface area is 84.0 Å². The van der Waals surface area contributed by atoms with Crippen molar-refractivity contribution >= 4 is 6.16 Å². The van der Waals surface area contributed by atoms with Crippen molar-refractivity contribution in [3.05, 3.63) is 0 Å². The third-order valence-electron chi connectivity index (χ3n) is 1.46. The highest BCUT2D eigenvalue weighted by Crippen LogP contribution is 1.88. The Bertz CT molecular complexity index is 137. The predicted octanol–water partition coefficient (Wildman–Crippen LogP) is 1.39. The van der Waals surface area contributed by atoms with Crippen molar-refractivity contribution in [3.8, 4) is 0 Å². The van der Waals surface area contributed by atoms with E-state index in [9.17, 15) is 9.90 Å². The van der Waals surface area contributed by atoms with Crippen molar-refractivity contribution in [2.75, 3.05) is 33.0 Å². The summed E-state index contributed by atoms with van der Waals surface area (Å²) >= 11 is 0. The Morgan fingerprint density at radius 3 is 2.14 bits per heavy atom. The summed E-state index contributed by atoms with van der Waals surface area (Å²) in [6.07, 6.45) is 0.640. The van der Waals surface area contributed by atoms with Crippen molar-refractivity contribution in [2.45, 2.75) is 19.8 Å². The van der Waals surface area contributed by atoms with Gasteiger partial charge in [-0.2, -0.15) is 9.90 Å². The van der Waals surface area contributed by atoms with Crippen molar-refractivity contribution in [2.24, 2.45) is 0 Å².